The van der Waals surface area contributed by atoms with Gasteiger partial charge in [-0.05, 0) is 6.92 Å². The normalized spacial score (nSPS) is 11.9. The average Bonchev–Trinajstić information content (AvgIpc) is 2.11. The van der Waals surface area contributed by atoms with Gasteiger partial charge in [0.05, 0.1) is 5.69 Å². The van der Waals surface area contributed by atoms with Gasteiger partial charge < -0.3 is 0 Å². The number of primary sulfonamides is 1. The maximum Gasteiger partial charge on any atom is 0.259 e. The van der Waals surface area contributed by atoms with Crippen LogP contribution in [0.2, 0.25) is 0 Å². The zero-order valence-electron chi connectivity index (χ0n) is 6.14. The Morgan fingerprint density at radius 3 is 2.27 bits per heavy atom. The maximum absolute atomic E-state index is 10.7. The lowest BCUT2D eigenvalue weighted by molar-refractivity contribution is 0.593. The minimum Gasteiger partial charge on any atom is -0.251 e. The summed E-state index contributed by atoms with van der Waals surface area (Å²) in [4.78, 5) is 0. The highest BCUT2D eigenvalue weighted by Gasteiger charge is 2.16. The second kappa shape index (κ2) is 2.28. The SMILES string of the molecule is Cc1c(S(N)(=O)=O)nnn1C. The lowest BCUT2D eigenvalue weighted by Crippen LogP contribution is -2.14. The zero-order chi connectivity index (χ0) is 8.65. The lowest BCUT2D eigenvalue weighted by Gasteiger charge is -1.92. The van der Waals surface area contributed by atoms with Gasteiger partial charge in [-0.15, -0.1) is 5.10 Å². The molecule has 1 aromatic rings. The Bertz CT molecular complexity index is 365. The number of nitrogens with zero attached hydrogens (tertiary/aromatic N) is 3. The van der Waals surface area contributed by atoms with E-state index < -0.39 is 10.0 Å². The number of aryl methyl sites for hydroxylation is 1. The van der Waals surface area contributed by atoms with Crippen LogP contribution in [-0.2, 0) is 17.1 Å². The van der Waals surface area contributed by atoms with Gasteiger partial charge in [0, 0.05) is 7.05 Å². The monoisotopic (exact) mass is 176 g/mol. The molecule has 0 aliphatic heterocycles. The van der Waals surface area contributed by atoms with Gasteiger partial charge in [0.25, 0.3) is 10.0 Å². The van der Waals surface area contributed by atoms with Crippen LogP contribution in [0.5, 0.6) is 0 Å². The molecule has 0 unspecified atom stereocenters. The number of hydrogen-bond donors (Lipinski definition) is 1. The Hall–Kier alpha value is -0.950. The van der Waals surface area contributed by atoms with Crippen molar-refractivity contribution in [3.05, 3.63) is 5.69 Å². The van der Waals surface area contributed by atoms with Crippen molar-refractivity contribution in [3.63, 3.8) is 0 Å². The Labute approximate surface area is 64.1 Å². The van der Waals surface area contributed by atoms with E-state index in [1.165, 1.54) is 4.68 Å². The second-order valence-corrected chi connectivity index (χ2v) is 3.63. The first-order chi connectivity index (χ1) is 4.93. The number of nitrogens with two attached hydrogens (primary N) is 1. The van der Waals surface area contributed by atoms with E-state index in [-0.39, 0.29) is 5.03 Å². The fourth-order valence-corrected chi connectivity index (χ4v) is 1.34. The van der Waals surface area contributed by atoms with Crippen LogP contribution in [0.15, 0.2) is 5.03 Å². The molecule has 0 bridgehead atoms. The van der Waals surface area contributed by atoms with Gasteiger partial charge in [-0.2, -0.15) is 0 Å². The van der Waals surface area contributed by atoms with Crippen molar-refractivity contribution >= 4 is 10.0 Å². The largest absolute Gasteiger partial charge is 0.259 e. The predicted molar refractivity (Wildman–Crippen MR) is 37.1 cm³/mol. The molecule has 2 N–H and O–H groups in total. The van der Waals surface area contributed by atoms with Crippen LogP contribution in [0.4, 0.5) is 0 Å². The standard InChI is InChI=1S/C4H8N4O2S/c1-3-4(11(5,9)10)6-7-8(3)2/h1-2H3,(H2,5,9,10). The van der Waals surface area contributed by atoms with Crippen molar-refractivity contribution < 1.29 is 8.42 Å². The van der Waals surface area contributed by atoms with Gasteiger partial charge in [0.2, 0.25) is 5.03 Å². The predicted octanol–water partition coefficient (Wildman–Crippen LogP) is -1.23. The number of rotatable bonds is 1. The minimum atomic E-state index is -3.71. The number of sulfonamides is 1. The lowest BCUT2D eigenvalue weighted by atomic mass is 10.5. The Morgan fingerprint density at radius 2 is 2.09 bits per heavy atom. The quantitative estimate of drug-likeness (QED) is 0.580. The van der Waals surface area contributed by atoms with Crippen molar-refractivity contribution in [3.8, 4) is 0 Å². The molecular formula is C4H8N4O2S. The summed E-state index contributed by atoms with van der Waals surface area (Å²) in [5.74, 6) is 0. The summed E-state index contributed by atoms with van der Waals surface area (Å²) in [5.41, 5.74) is 0.438. The molecule has 6 nitrogen and oxygen atoms in total. The van der Waals surface area contributed by atoms with E-state index in [0.29, 0.717) is 5.69 Å². The first-order valence-corrected chi connectivity index (χ1v) is 4.36. The van der Waals surface area contributed by atoms with E-state index in [1.54, 1.807) is 14.0 Å². The van der Waals surface area contributed by atoms with Crippen molar-refractivity contribution in [2.24, 2.45) is 12.2 Å². The first kappa shape index (κ1) is 8.15. The highest BCUT2D eigenvalue weighted by Crippen LogP contribution is 2.06. The molecule has 0 radical (unpaired) electrons. The van der Waals surface area contributed by atoms with Gasteiger partial charge in [0.1, 0.15) is 0 Å². The molecule has 0 fully saturated rings. The van der Waals surface area contributed by atoms with E-state index in [2.05, 4.69) is 10.3 Å². The van der Waals surface area contributed by atoms with Gasteiger partial charge >= 0.3 is 0 Å². The third-order valence-corrected chi connectivity index (χ3v) is 2.25. The van der Waals surface area contributed by atoms with Gasteiger partial charge in [0.15, 0.2) is 0 Å². The van der Waals surface area contributed by atoms with Crippen molar-refractivity contribution in [2.45, 2.75) is 11.9 Å². The van der Waals surface area contributed by atoms with Crippen LogP contribution in [0.25, 0.3) is 0 Å². The molecule has 0 saturated carbocycles. The molecule has 11 heavy (non-hydrogen) atoms. The topological polar surface area (TPSA) is 90.9 Å². The molecule has 0 spiro atoms. The summed E-state index contributed by atoms with van der Waals surface area (Å²) in [6.07, 6.45) is 0. The molecular weight excluding hydrogens is 168 g/mol. The molecule has 62 valence electrons. The number of hydrogen-bond acceptors (Lipinski definition) is 4. The summed E-state index contributed by atoms with van der Waals surface area (Å²) >= 11 is 0. The molecule has 1 rings (SSSR count). The van der Waals surface area contributed by atoms with Crippen LogP contribution in [-0.4, -0.2) is 23.4 Å². The second-order valence-electron chi connectivity index (χ2n) is 2.15. The summed E-state index contributed by atoms with van der Waals surface area (Å²) in [6.45, 7) is 1.58. The Morgan fingerprint density at radius 1 is 1.55 bits per heavy atom. The molecule has 0 atom stereocenters. The Kier molecular flexibility index (Phi) is 1.69. The zero-order valence-corrected chi connectivity index (χ0v) is 6.96. The van der Waals surface area contributed by atoms with Crippen LogP contribution >= 0.6 is 0 Å². The Balaban J connectivity index is 3.38. The molecule has 0 saturated heterocycles. The molecule has 0 amide bonds. The van der Waals surface area contributed by atoms with E-state index in [1.807, 2.05) is 0 Å². The summed E-state index contributed by atoms with van der Waals surface area (Å²) in [6, 6.07) is 0. The summed E-state index contributed by atoms with van der Waals surface area (Å²) in [7, 11) is -2.11. The fourth-order valence-electron chi connectivity index (χ4n) is 0.648. The molecule has 0 aromatic carbocycles. The third kappa shape index (κ3) is 1.38. The van der Waals surface area contributed by atoms with E-state index >= 15 is 0 Å². The van der Waals surface area contributed by atoms with Crippen molar-refractivity contribution in [2.75, 3.05) is 0 Å². The summed E-state index contributed by atoms with van der Waals surface area (Å²) < 4.78 is 22.8. The van der Waals surface area contributed by atoms with Crippen molar-refractivity contribution in [1.29, 1.82) is 0 Å². The smallest absolute Gasteiger partial charge is 0.251 e. The molecule has 1 aromatic heterocycles. The average molecular weight is 176 g/mol. The summed E-state index contributed by atoms with van der Waals surface area (Å²) in [5, 5.41) is 11.5. The van der Waals surface area contributed by atoms with Crippen LogP contribution in [0, 0.1) is 6.92 Å². The highest BCUT2D eigenvalue weighted by molar-refractivity contribution is 7.89. The van der Waals surface area contributed by atoms with Crippen LogP contribution in [0.3, 0.4) is 0 Å². The fraction of sp³-hybridized carbons (Fsp3) is 0.500. The molecule has 0 aliphatic rings. The van der Waals surface area contributed by atoms with Gasteiger partial charge in [-0.25, -0.2) is 13.6 Å². The van der Waals surface area contributed by atoms with Gasteiger partial charge in [-0.3, -0.25) is 4.68 Å². The third-order valence-electron chi connectivity index (χ3n) is 1.33. The van der Waals surface area contributed by atoms with E-state index in [4.69, 9.17) is 5.14 Å². The van der Waals surface area contributed by atoms with Crippen molar-refractivity contribution in [1.82, 2.24) is 15.0 Å². The van der Waals surface area contributed by atoms with Gasteiger partial charge in [-0.1, -0.05) is 5.21 Å². The highest BCUT2D eigenvalue weighted by atomic mass is 32.2. The van der Waals surface area contributed by atoms with E-state index in [9.17, 15) is 8.42 Å². The van der Waals surface area contributed by atoms with Crippen LogP contribution < -0.4 is 5.14 Å². The molecule has 1 heterocycles. The minimum absolute atomic E-state index is 0.167. The molecule has 0 aliphatic carbocycles. The van der Waals surface area contributed by atoms with Crippen LogP contribution in [0.1, 0.15) is 5.69 Å². The first-order valence-electron chi connectivity index (χ1n) is 2.82. The maximum atomic E-state index is 10.7. The van der Waals surface area contributed by atoms with E-state index in [0.717, 1.165) is 0 Å². The number of aromatic nitrogens is 3. The molecule has 7 heteroatoms.